The molecule has 2 aromatic rings. The summed E-state index contributed by atoms with van der Waals surface area (Å²) >= 11 is 0. The normalized spacial score (nSPS) is 10.4. The van der Waals surface area contributed by atoms with E-state index in [0.717, 1.165) is 30.5 Å². The van der Waals surface area contributed by atoms with Crippen LogP contribution in [0.3, 0.4) is 0 Å². The Kier molecular flexibility index (Phi) is 4.72. The molecule has 1 aromatic carbocycles. The van der Waals surface area contributed by atoms with Crippen LogP contribution < -0.4 is 5.32 Å². The van der Waals surface area contributed by atoms with Crippen molar-refractivity contribution in [1.29, 1.82) is 0 Å². The van der Waals surface area contributed by atoms with Gasteiger partial charge in [0.15, 0.2) is 0 Å². The average Bonchev–Trinajstić information content (AvgIpc) is 2.92. The lowest BCUT2D eigenvalue weighted by Crippen LogP contribution is -2.24. The van der Waals surface area contributed by atoms with E-state index in [9.17, 15) is 4.79 Å². The van der Waals surface area contributed by atoms with E-state index in [1.807, 2.05) is 48.1 Å². The van der Waals surface area contributed by atoms with Gasteiger partial charge in [-0.15, -0.1) is 0 Å². The summed E-state index contributed by atoms with van der Waals surface area (Å²) in [5.74, 6) is -0.000843. The molecule has 0 bridgehead atoms. The fourth-order valence-corrected chi connectivity index (χ4v) is 1.84. The van der Waals surface area contributed by atoms with Crippen LogP contribution in [0.25, 0.3) is 0 Å². The van der Waals surface area contributed by atoms with Gasteiger partial charge < -0.3 is 5.32 Å². The van der Waals surface area contributed by atoms with Crippen molar-refractivity contribution in [1.82, 2.24) is 15.1 Å². The quantitative estimate of drug-likeness (QED) is 0.808. The van der Waals surface area contributed by atoms with Crippen LogP contribution in [-0.4, -0.2) is 22.2 Å². The summed E-state index contributed by atoms with van der Waals surface area (Å²) in [6.07, 6.45) is 5.69. The van der Waals surface area contributed by atoms with Gasteiger partial charge in [0, 0.05) is 31.0 Å². The molecule has 0 aliphatic rings. The summed E-state index contributed by atoms with van der Waals surface area (Å²) < 4.78 is 1.90. The summed E-state index contributed by atoms with van der Waals surface area (Å²) in [5, 5.41) is 7.06. The molecule has 100 valence electrons. The molecule has 2 rings (SSSR count). The molecule has 0 atom stereocenters. The molecular weight excluding hydrogens is 238 g/mol. The van der Waals surface area contributed by atoms with Crippen LogP contribution in [0, 0.1) is 6.92 Å². The second kappa shape index (κ2) is 6.73. The minimum absolute atomic E-state index is 0.000843. The molecule has 0 saturated heterocycles. The number of nitrogens with one attached hydrogen (secondary N) is 1. The molecular formula is C15H19N3O. The molecule has 0 aliphatic heterocycles. The van der Waals surface area contributed by atoms with E-state index in [0.29, 0.717) is 6.54 Å². The standard InChI is InChI=1S/C15H19N3O/c1-13-5-7-14(8-6-13)15(19)16-9-2-3-11-18-12-4-10-17-18/h4-8,10,12H,2-3,9,11H2,1H3,(H,16,19). The number of aromatic nitrogens is 2. The first kappa shape index (κ1) is 13.3. The lowest BCUT2D eigenvalue weighted by molar-refractivity contribution is 0.0953. The summed E-state index contributed by atoms with van der Waals surface area (Å²) in [6, 6.07) is 9.53. The second-order valence-electron chi connectivity index (χ2n) is 4.60. The van der Waals surface area contributed by atoms with Crippen molar-refractivity contribution in [2.45, 2.75) is 26.3 Å². The molecule has 4 heteroatoms. The Morgan fingerprint density at radius 1 is 1.26 bits per heavy atom. The topological polar surface area (TPSA) is 46.9 Å². The molecule has 1 N–H and O–H groups in total. The van der Waals surface area contributed by atoms with E-state index in [1.165, 1.54) is 0 Å². The van der Waals surface area contributed by atoms with E-state index in [2.05, 4.69) is 10.4 Å². The first-order chi connectivity index (χ1) is 9.25. The number of nitrogens with zero attached hydrogens (tertiary/aromatic N) is 2. The van der Waals surface area contributed by atoms with Gasteiger partial charge in [0.25, 0.3) is 5.91 Å². The second-order valence-corrected chi connectivity index (χ2v) is 4.60. The lowest BCUT2D eigenvalue weighted by atomic mass is 10.1. The molecule has 1 amide bonds. The molecule has 0 saturated carbocycles. The van der Waals surface area contributed by atoms with Crippen LogP contribution in [-0.2, 0) is 6.54 Å². The molecule has 19 heavy (non-hydrogen) atoms. The number of aryl methyl sites for hydroxylation is 2. The van der Waals surface area contributed by atoms with Crippen molar-refractivity contribution in [3.63, 3.8) is 0 Å². The third kappa shape index (κ3) is 4.25. The minimum atomic E-state index is -0.000843. The highest BCUT2D eigenvalue weighted by molar-refractivity contribution is 5.94. The number of amides is 1. The Labute approximate surface area is 113 Å². The molecule has 0 radical (unpaired) electrons. The van der Waals surface area contributed by atoms with Gasteiger partial charge in [-0.25, -0.2) is 0 Å². The van der Waals surface area contributed by atoms with Gasteiger partial charge in [-0.3, -0.25) is 9.48 Å². The molecule has 1 heterocycles. The summed E-state index contributed by atoms with van der Waals surface area (Å²) in [7, 11) is 0. The fraction of sp³-hybridized carbons (Fsp3) is 0.333. The van der Waals surface area contributed by atoms with E-state index < -0.39 is 0 Å². The van der Waals surface area contributed by atoms with Gasteiger partial charge in [-0.1, -0.05) is 17.7 Å². The smallest absolute Gasteiger partial charge is 0.251 e. The average molecular weight is 257 g/mol. The molecule has 1 aromatic heterocycles. The molecule has 4 nitrogen and oxygen atoms in total. The number of hydrogen-bond acceptors (Lipinski definition) is 2. The SMILES string of the molecule is Cc1ccc(C(=O)NCCCCn2cccn2)cc1. The number of benzene rings is 1. The number of carbonyl (C=O) groups excluding carboxylic acids is 1. The first-order valence-corrected chi connectivity index (χ1v) is 6.58. The zero-order valence-electron chi connectivity index (χ0n) is 11.2. The van der Waals surface area contributed by atoms with Gasteiger partial charge in [0.05, 0.1) is 0 Å². The maximum Gasteiger partial charge on any atom is 0.251 e. The number of unbranched alkanes of at least 4 members (excludes halogenated alkanes) is 1. The molecule has 0 unspecified atom stereocenters. The number of hydrogen-bond donors (Lipinski definition) is 1. The number of carbonyl (C=O) groups is 1. The van der Waals surface area contributed by atoms with Gasteiger partial charge in [-0.05, 0) is 38.0 Å². The number of rotatable bonds is 6. The Morgan fingerprint density at radius 2 is 2.05 bits per heavy atom. The predicted octanol–water partition coefficient (Wildman–Crippen LogP) is 2.40. The van der Waals surface area contributed by atoms with Gasteiger partial charge in [0.2, 0.25) is 0 Å². The zero-order valence-corrected chi connectivity index (χ0v) is 11.2. The van der Waals surface area contributed by atoms with Gasteiger partial charge in [-0.2, -0.15) is 5.10 Å². The molecule has 0 aliphatic carbocycles. The van der Waals surface area contributed by atoms with Crippen LogP contribution in [0.1, 0.15) is 28.8 Å². The van der Waals surface area contributed by atoms with E-state index in [1.54, 1.807) is 6.20 Å². The van der Waals surface area contributed by atoms with Crippen molar-refractivity contribution >= 4 is 5.91 Å². The highest BCUT2D eigenvalue weighted by Gasteiger charge is 2.03. The third-order valence-corrected chi connectivity index (χ3v) is 2.97. The van der Waals surface area contributed by atoms with Gasteiger partial charge >= 0.3 is 0 Å². The summed E-state index contributed by atoms with van der Waals surface area (Å²) in [5.41, 5.74) is 1.88. The predicted molar refractivity (Wildman–Crippen MR) is 75.0 cm³/mol. The summed E-state index contributed by atoms with van der Waals surface area (Å²) in [4.78, 5) is 11.8. The lowest BCUT2D eigenvalue weighted by Gasteiger charge is -2.05. The van der Waals surface area contributed by atoms with Gasteiger partial charge in [0.1, 0.15) is 0 Å². The highest BCUT2D eigenvalue weighted by atomic mass is 16.1. The van der Waals surface area contributed by atoms with Crippen LogP contribution in [0.15, 0.2) is 42.7 Å². The third-order valence-electron chi connectivity index (χ3n) is 2.97. The Bertz CT molecular complexity index is 503. The first-order valence-electron chi connectivity index (χ1n) is 6.58. The van der Waals surface area contributed by atoms with Crippen molar-refractivity contribution < 1.29 is 4.79 Å². The van der Waals surface area contributed by atoms with E-state index in [-0.39, 0.29) is 5.91 Å². The largest absolute Gasteiger partial charge is 0.352 e. The van der Waals surface area contributed by atoms with Crippen LogP contribution in [0.2, 0.25) is 0 Å². The van der Waals surface area contributed by atoms with E-state index in [4.69, 9.17) is 0 Å². The maximum absolute atomic E-state index is 11.8. The Morgan fingerprint density at radius 3 is 2.74 bits per heavy atom. The molecule has 0 fully saturated rings. The highest BCUT2D eigenvalue weighted by Crippen LogP contribution is 2.03. The maximum atomic E-state index is 11.8. The van der Waals surface area contributed by atoms with Crippen molar-refractivity contribution in [3.05, 3.63) is 53.9 Å². The van der Waals surface area contributed by atoms with Crippen LogP contribution in [0.4, 0.5) is 0 Å². The van der Waals surface area contributed by atoms with Crippen molar-refractivity contribution in [3.8, 4) is 0 Å². The summed E-state index contributed by atoms with van der Waals surface area (Å²) in [6.45, 7) is 3.61. The minimum Gasteiger partial charge on any atom is -0.352 e. The Balaban J connectivity index is 1.65. The van der Waals surface area contributed by atoms with Crippen LogP contribution in [0.5, 0.6) is 0 Å². The van der Waals surface area contributed by atoms with Crippen molar-refractivity contribution in [2.24, 2.45) is 0 Å². The van der Waals surface area contributed by atoms with E-state index >= 15 is 0 Å². The van der Waals surface area contributed by atoms with Crippen molar-refractivity contribution in [2.75, 3.05) is 6.54 Å². The molecule has 0 spiro atoms. The van der Waals surface area contributed by atoms with Crippen LogP contribution >= 0.6 is 0 Å². The zero-order chi connectivity index (χ0) is 13.5. The monoisotopic (exact) mass is 257 g/mol. The fourth-order valence-electron chi connectivity index (χ4n) is 1.84. The Hall–Kier alpha value is -2.10.